The molecule has 0 spiro atoms. The maximum Gasteiger partial charge on any atom is 0.472 e. The summed E-state index contributed by atoms with van der Waals surface area (Å²) < 4.78 is 82.4. The molecule has 0 aliphatic carbocycles. The molecule has 0 fully saturated rings. The summed E-state index contributed by atoms with van der Waals surface area (Å²) in [7, 11) is 0. The molecule has 0 radical (unpaired) electrons. The van der Waals surface area contributed by atoms with E-state index in [1.54, 1.807) is 24.3 Å². The van der Waals surface area contributed by atoms with Crippen LogP contribution in [0.25, 0.3) is 0 Å². The Kier molecular flexibility index (Phi) is 29.1. The van der Waals surface area contributed by atoms with Crippen molar-refractivity contribution in [1.82, 2.24) is 0 Å². The van der Waals surface area contributed by atoms with E-state index in [1.807, 2.05) is 0 Å². The van der Waals surface area contributed by atoms with Crippen LogP contribution in [0.1, 0.15) is 175 Å². The maximum atomic E-state index is 15.1. The van der Waals surface area contributed by atoms with E-state index in [0.29, 0.717) is 24.7 Å². The molecule has 0 bridgehead atoms. The van der Waals surface area contributed by atoms with Crippen molar-refractivity contribution in [2.24, 2.45) is 0 Å². The summed E-state index contributed by atoms with van der Waals surface area (Å²) in [6.07, 6.45) is 23.3. The zero-order chi connectivity index (χ0) is 45.2. The Labute approximate surface area is 370 Å². The van der Waals surface area contributed by atoms with Crippen LogP contribution in [-0.2, 0) is 4.79 Å². The van der Waals surface area contributed by atoms with Gasteiger partial charge in [0.1, 0.15) is 34.5 Å². The smallest absolute Gasteiger partial charge is 0.472 e. The summed E-state index contributed by atoms with van der Waals surface area (Å²) >= 11 is 0. The third kappa shape index (κ3) is 24.5. The van der Waals surface area contributed by atoms with Crippen molar-refractivity contribution in [3.05, 3.63) is 72.8 Å². The number of benzene rings is 3. The third-order valence-electron chi connectivity index (χ3n) is 10.4. The van der Waals surface area contributed by atoms with Gasteiger partial charge in [-0.3, -0.25) is 0 Å². The molecule has 1 N–H and O–H groups in total. The van der Waals surface area contributed by atoms with E-state index < -0.39 is 23.7 Å². The Morgan fingerprint density at radius 2 is 0.694 bits per heavy atom. The fourth-order valence-corrected chi connectivity index (χ4v) is 6.58. The van der Waals surface area contributed by atoms with Crippen molar-refractivity contribution in [3.63, 3.8) is 0 Å². The van der Waals surface area contributed by atoms with Crippen molar-refractivity contribution in [1.29, 1.82) is 0 Å². The summed E-state index contributed by atoms with van der Waals surface area (Å²) in [5.41, 5.74) is 0. The molecule has 3 aromatic rings. The number of rotatable bonds is 34. The third-order valence-corrected chi connectivity index (χ3v) is 10.4. The zero-order valence-electron chi connectivity index (χ0n) is 37.9. The Hall–Kier alpha value is -4.15. The van der Waals surface area contributed by atoms with E-state index in [4.69, 9.17) is 24.1 Å². The molecular weight excluding hydrogens is 801 g/mol. The van der Waals surface area contributed by atoms with Gasteiger partial charge in [-0.2, -0.15) is 17.6 Å². The fourth-order valence-electron chi connectivity index (χ4n) is 6.58. The summed E-state index contributed by atoms with van der Waals surface area (Å²) in [6, 6.07) is 17.3. The number of carbonyl (C=O) groups is 1. The van der Waals surface area contributed by atoms with E-state index in [9.17, 15) is 18.0 Å². The Morgan fingerprint density at radius 1 is 0.419 bits per heavy atom. The predicted octanol–water partition coefficient (Wildman–Crippen LogP) is 15.8. The number of hydrogen-bond donors (Lipinski definition) is 1. The Balaban J connectivity index is 0.000000611. The first-order valence-electron chi connectivity index (χ1n) is 23.6. The minimum absolute atomic E-state index is 0.269. The van der Waals surface area contributed by atoms with Crippen molar-refractivity contribution in [3.8, 4) is 34.5 Å². The fraction of sp³-hybridized carbons (Fsp3) is 0.627. The van der Waals surface area contributed by atoms with E-state index in [2.05, 4.69) is 25.5 Å². The second-order valence-corrected chi connectivity index (χ2v) is 16.0. The normalized spacial score (nSPS) is 12.2. The molecule has 1 unspecified atom stereocenters. The van der Waals surface area contributed by atoms with Crippen molar-refractivity contribution < 1.29 is 51.1 Å². The number of halogens is 4. The van der Waals surface area contributed by atoms with Crippen LogP contribution in [0.15, 0.2) is 72.8 Å². The Bertz CT molecular complexity index is 1520. The average molecular weight is 877 g/mol. The molecule has 0 saturated heterocycles. The number of hydrogen-bond acceptors (Lipinski definition) is 7. The zero-order valence-corrected chi connectivity index (χ0v) is 37.9. The van der Waals surface area contributed by atoms with Gasteiger partial charge in [-0.15, -0.1) is 0 Å². The number of phenols is 1. The molecule has 11 heteroatoms. The second kappa shape index (κ2) is 33.4. The van der Waals surface area contributed by atoms with Crippen LogP contribution < -0.4 is 23.7 Å². The number of phenolic OH excluding ortho intramolecular Hbond substituents is 1. The lowest BCUT2D eigenvalue weighted by Crippen LogP contribution is -2.54. The van der Waals surface area contributed by atoms with Crippen molar-refractivity contribution >= 4 is 5.97 Å². The number of esters is 1. The summed E-state index contributed by atoms with van der Waals surface area (Å²) in [5, 5.41) is 9.13. The number of ether oxygens (including phenoxy) is 5. The molecule has 3 aromatic carbocycles. The highest BCUT2D eigenvalue weighted by molar-refractivity contribution is 5.81. The molecule has 0 heterocycles. The lowest BCUT2D eigenvalue weighted by atomic mass is 10.1. The first-order chi connectivity index (χ1) is 30.0. The standard InChI is InChI=1S/C35H50F4O5.C16H26O2/c1-3-5-7-9-11-13-15-17-27-41-29-19-23-31(24-20-29)43-33(40)34(36,35(37,38)39)44-32-25-21-30(22-26-32)42-28-18-16-14-12-10-8-6-4-2;1-2-3-4-5-6-7-8-9-14-18-16-12-10-15(17)11-13-16/h19-26H,3-18,27-28H2,1-2H3;10-13,17H,2-9,14H2,1H3. The molecule has 0 aliphatic heterocycles. The second-order valence-electron chi connectivity index (χ2n) is 16.0. The van der Waals surface area contributed by atoms with Crippen molar-refractivity contribution in [2.45, 2.75) is 187 Å². The highest BCUT2D eigenvalue weighted by Crippen LogP contribution is 2.38. The first-order valence-corrected chi connectivity index (χ1v) is 23.6. The average Bonchev–Trinajstić information content (AvgIpc) is 3.26. The van der Waals surface area contributed by atoms with Crippen LogP contribution in [0.3, 0.4) is 0 Å². The van der Waals surface area contributed by atoms with Gasteiger partial charge in [0.15, 0.2) is 0 Å². The highest BCUT2D eigenvalue weighted by Gasteiger charge is 2.67. The van der Waals surface area contributed by atoms with E-state index in [-0.39, 0.29) is 11.5 Å². The molecule has 1 atom stereocenters. The largest absolute Gasteiger partial charge is 0.508 e. The molecule has 0 aliphatic rings. The lowest BCUT2D eigenvalue weighted by Gasteiger charge is -2.26. The molecule has 0 saturated carbocycles. The van der Waals surface area contributed by atoms with Crippen LogP contribution in [-0.4, -0.2) is 42.9 Å². The SMILES string of the molecule is CCCCCCCCCCOc1ccc(O)cc1.CCCCCCCCCCOc1ccc(OC(=O)C(F)(Oc2ccc(OCCCCCCCCCC)cc2)C(F)(F)F)cc1. The van der Waals surface area contributed by atoms with Gasteiger partial charge in [0.2, 0.25) is 0 Å². The quantitative estimate of drug-likeness (QED) is 0.0277. The molecule has 7 nitrogen and oxygen atoms in total. The topological polar surface area (TPSA) is 83.5 Å². The van der Waals surface area contributed by atoms with Crippen LogP contribution in [0.5, 0.6) is 34.5 Å². The van der Waals surface area contributed by atoms with Gasteiger partial charge in [0.25, 0.3) is 0 Å². The molecule has 3 rings (SSSR count). The van der Waals surface area contributed by atoms with Gasteiger partial charge in [0.05, 0.1) is 19.8 Å². The van der Waals surface area contributed by atoms with Crippen LogP contribution >= 0.6 is 0 Å². The van der Waals surface area contributed by atoms with E-state index >= 15 is 4.39 Å². The minimum atomic E-state index is -5.69. The summed E-state index contributed by atoms with van der Waals surface area (Å²) in [6.45, 7) is 8.35. The van der Waals surface area contributed by atoms with E-state index in [0.717, 1.165) is 69.4 Å². The lowest BCUT2D eigenvalue weighted by molar-refractivity contribution is -0.293. The Morgan fingerprint density at radius 3 is 1.02 bits per heavy atom. The van der Waals surface area contributed by atoms with Gasteiger partial charge in [-0.1, -0.05) is 156 Å². The number of unbranched alkanes of at least 4 members (excludes halogenated alkanes) is 21. The molecular formula is C51H76F4O7. The number of aromatic hydroxyl groups is 1. The molecule has 0 aromatic heterocycles. The van der Waals surface area contributed by atoms with Gasteiger partial charge < -0.3 is 28.8 Å². The minimum Gasteiger partial charge on any atom is -0.508 e. The number of carbonyl (C=O) groups excluding carboxylic acids is 1. The summed E-state index contributed by atoms with van der Waals surface area (Å²) in [5.74, 6) is -5.70. The molecule has 350 valence electrons. The monoisotopic (exact) mass is 877 g/mol. The van der Waals surface area contributed by atoms with Gasteiger partial charge in [-0.25, -0.2) is 4.79 Å². The summed E-state index contributed by atoms with van der Waals surface area (Å²) in [4.78, 5) is 12.4. The van der Waals surface area contributed by atoms with Crippen LogP contribution in [0, 0.1) is 0 Å². The molecule has 62 heavy (non-hydrogen) atoms. The van der Waals surface area contributed by atoms with Gasteiger partial charge in [0, 0.05) is 0 Å². The van der Waals surface area contributed by atoms with Crippen LogP contribution in [0.4, 0.5) is 17.6 Å². The highest BCUT2D eigenvalue weighted by atomic mass is 19.4. The van der Waals surface area contributed by atoms with E-state index in [1.165, 1.54) is 146 Å². The number of alkyl halides is 4. The first kappa shape index (κ1) is 54.0. The molecule has 0 amide bonds. The van der Waals surface area contributed by atoms with Gasteiger partial charge in [-0.05, 0) is 92.1 Å². The van der Waals surface area contributed by atoms with Gasteiger partial charge >= 0.3 is 18.0 Å². The predicted molar refractivity (Wildman–Crippen MR) is 241 cm³/mol. The maximum absolute atomic E-state index is 15.1. The van der Waals surface area contributed by atoms with Crippen molar-refractivity contribution in [2.75, 3.05) is 19.8 Å². The van der Waals surface area contributed by atoms with Crippen LogP contribution in [0.2, 0.25) is 0 Å².